The van der Waals surface area contributed by atoms with Crippen LogP contribution in [0.2, 0.25) is 5.02 Å². The SMILES string of the molecule is CNCc1ccc(N2CCN(CC(F)(F)F)CC2)cc1Cl. The Morgan fingerprint density at radius 1 is 1.19 bits per heavy atom. The maximum Gasteiger partial charge on any atom is 0.401 e. The summed E-state index contributed by atoms with van der Waals surface area (Å²) >= 11 is 6.22. The number of anilines is 1. The van der Waals surface area contributed by atoms with E-state index in [1.807, 2.05) is 25.2 Å². The Morgan fingerprint density at radius 3 is 2.38 bits per heavy atom. The van der Waals surface area contributed by atoms with Gasteiger partial charge in [-0.2, -0.15) is 13.2 Å². The van der Waals surface area contributed by atoms with Crippen LogP contribution in [0.1, 0.15) is 5.56 Å². The summed E-state index contributed by atoms with van der Waals surface area (Å²) in [6.45, 7) is 1.85. The molecule has 1 aromatic carbocycles. The van der Waals surface area contributed by atoms with Gasteiger partial charge in [0.2, 0.25) is 0 Å². The van der Waals surface area contributed by atoms with Crippen LogP contribution in [0.3, 0.4) is 0 Å². The molecule has 0 aromatic heterocycles. The van der Waals surface area contributed by atoms with Gasteiger partial charge in [-0.25, -0.2) is 0 Å². The highest BCUT2D eigenvalue weighted by atomic mass is 35.5. The van der Waals surface area contributed by atoms with Crippen LogP contribution >= 0.6 is 11.6 Å². The molecule has 0 saturated carbocycles. The molecule has 1 N–H and O–H groups in total. The van der Waals surface area contributed by atoms with Crippen molar-refractivity contribution in [1.82, 2.24) is 10.2 Å². The quantitative estimate of drug-likeness (QED) is 0.920. The number of hydrogen-bond donors (Lipinski definition) is 1. The number of rotatable bonds is 4. The molecule has 1 saturated heterocycles. The molecule has 0 bridgehead atoms. The maximum atomic E-state index is 12.4. The summed E-state index contributed by atoms with van der Waals surface area (Å²) in [4.78, 5) is 3.51. The Morgan fingerprint density at radius 2 is 1.86 bits per heavy atom. The summed E-state index contributed by atoms with van der Waals surface area (Å²) in [5.74, 6) is 0. The minimum atomic E-state index is -4.12. The predicted molar refractivity (Wildman–Crippen MR) is 78.9 cm³/mol. The van der Waals surface area contributed by atoms with Crippen molar-refractivity contribution in [3.8, 4) is 0 Å². The van der Waals surface area contributed by atoms with E-state index < -0.39 is 12.7 Å². The van der Waals surface area contributed by atoms with Gasteiger partial charge in [-0.1, -0.05) is 17.7 Å². The molecule has 3 nitrogen and oxygen atoms in total. The van der Waals surface area contributed by atoms with Crippen LogP contribution in [-0.2, 0) is 6.54 Å². The first-order valence-corrected chi connectivity index (χ1v) is 7.24. The first kappa shape index (κ1) is 16.4. The van der Waals surface area contributed by atoms with Gasteiger partial charge in [0.1, 0.15) is 0 Å². The van der Waals surface area contributed by atoms with Crippen LogP contribution in [0.25, 0.3) is 0 Å². The normalized spacial score (nSPS) is 17.3. The van der Waals surface area contributed by atoms with E-state index >= 15 is 0 Å². The average molecular weight is 322 g/mol. The number of alkyl halides is 3. The summed E-state index contributed by atoms with van der Waals surface area (Å²) in [7, 11) is 1.85. The van der Waals surface area contributed by atoms with Crippen LogP contribution in [0.5, 0.6) is 0 Å². The standard InChI is InChI=1S/C14H19ClF3N3/c1-19-9-11-2-3-12(8-13(11)15)21-6-4-20(5-7-21)10-14(16,17)18/h2-3,8,19H,4-7,9-10H2,1H3. The lowest BCUT2D eigenvalue weighted by atomic mass is 10.1. The molecule has 7 heteroatoms. The van der Waals surface area contributed by atoms with Crippen LogP contribution in [0.15, 0.2) is 18.2 Å². The Labute approximate surface area is 127 Å². The fourth-order valence-corrected chi connectivity index (χ4v) is 2.73. The number of benzene rings is 1. The predicted octanol–water partition coefficient (Wildman–Crippen LogP) is 2.74. The number of halogens is 4. The second-order valence-corrected chi connectivity index (χ2v) is 5.59. The molecule has 0 atom stereocenters. The first-order valence-electron chi connectivity index (χ1n) is 6.86. The van der Waals surface area contributed by atoms with Crippen LogP contribution in [0.4, 0.5) is 18.9 Å². The fourth-order valence-electron chi connectivity index (χ4n) is 2.48. The van der Waals surface area contributed by atoms with Gasteiger partial charge in [-0.05, 0) is 24.7 Å². The average Bonchev–Trinajstić information content (AvgIpc) is 2.40. The summed E-state index contributed by atoms with van der Waals surface area (Å²) in [6.07, 6.45) is -4.12. The van der Waals surface area contributed by atoms with Crippen molar-refractivity contribution in [2.45, 2.75) is 12.7 Å². The molecular formula is C14H19ClF3N3. The maximum absolute atomic E-state index is 12.4. The van der Waals surface area contributed by atoms with Gasteiger partial charge in [0.15, 0.2) is 0 Å². The van der Waals surface area contributed by atoms with Gasteiger partial charge in [-0.15, -0.1) is 0 Å². The summed E-state index contributed by atoms with van der Waals surface area (Å²) in [5, 5.41) is 3.72. The molecule has 21 heavy (non-hydrogen) atoms. The molecule has 0 amide bonds. The van der Waals surface area contributed by atoms with Crippen molar-refractivity contribution < 1.29 is 13.2 Å². The number of nitrogens with one attached hydrogen (secondary N) is 1. The zero-order valence-electron chi connectivity index (χ0n) is 11.9. The monoisotopic (exact) mass is 321 g/mol. The smallest absolute Gasteiger partial charge is 0.369 e. The third-order valence-electron chi connectivity index (χ3n) is 3.54. The van der Waals surface area contributed by atoms with Gasteiger partial charge in [0.25, 0.3) is 0 Å². The van der Waals surface area contributed by atoms with Crippen LogP contribution < -0.4 is 10.2 Å². The molecule has 1 heterocycles. The summed E-state index contributed by atoms with van der Waals surface area (Å²) in [6, 6.07) is 5.81. The van der Waals surface area contributed by atoms with E-state index in [9.17, 15) is 13.2 Å². The molecule has 0 aliphatic carbocycles. The van der Waals surface area contributed by atoms with E-state index in [0.29, 0.717) is 37.7 Å². The topological polar surface area (TPSA) is 18.5 Å². The van der Waals surface area contributed by atoms with Gasteiger partial charge in [0, 0.05) is 43.4 Å². The number of piperazine rings is 1. The summed E-state index contributed by atoms with van der Waals surface area (Å²) < 4.78 is 37.1. The molecule has 0 unspecified atom stereocenters. The largest absolute Gasteiger partial charge is 0.401 e. The first-order chi connectivity index (χ1) is 9.89. The Balaban J connectivity index is 1.94. The third kappa shape index (κ3) is 4.76. The minimum absolute atomic E-state index is 0.412. The molecule has 0 spiro atoms. The van der Waals surface area contributed by atoms with E-state index in [1.54, 1.807) is 0 Å². The van der Waals surface area contributed by atoms with Gasteiger partial charge >= 0.3 is 6.18 Å². The number of nitrogens with zero attached hydrogens (tertiary/aromatic N) is 2. The molecule has 2 rings (SSSR count). The summed E-state index contributed by atoms with van der Waals surface area (Å²) in [5.41, 5.74) is 1.98. The molecule has 1 fully saturated rings. The zero-order chi connectivity index (χ0) is 15.5. The molecule has 1 aromatic rings. The van der Waals surface area contributed by atoms with Crippen LogP contribution in [0, 0.1) is 0 Å². The van der Waals surface area contributed by atoms with Gasteiger partial charge in [-0.3, -0.25) is 4.90 Å². The van der Waals surface area contributed by atoms with E-state index in [1.165, 1.54) is 4.90 Å². The Bertz CT molecular complexity index is 471. The Hall–Kier alpha value is -0.980. The molecule has 0 radical (unpaired) electrons. The molecule has 118 valence electrons. The van der Waals surface area contributed by atoms with Crippen molar-refractivity contribution in [2.75, 3.05) is 44.7 Å². The van der Waals surface area contributed by atoms with Crippen molar-refractivity contribution in [1.29, 1.82) is 0 Å². The van der Waals surface area contributed by atoms with Crippen molar-refractivity contribution >= 4 is 17.3 Å². The van der Waals surface area contributed by atoms with Crippen LogP contribution in [-0.4, -0.2) is 50.8 Å². The van der Waals surface area contributed by atoms with E-state index in [4.69, 9.17) is 11.6 Å². The van der Waals surface area contributed by atoms with E-state index in [-0.39, 0.29) is 0 Å². The zero-order valence-corrected chi connectivity index (χ0v) is 12.6. The van der Waals surface area contributed by atoms with Crippen molar-refractivity contribution in [3.05, 3.63) is 28.8 Å². The lowest BCUT2D eigenvalue weighted by Crippen LogP contribution is -2.49. The van der Waals surface area contributed by atoms with Crippen molar-refractivity contribution in [2.24, 2.45) is 0 Å². The van der Waals surface area contributed by atoms with Crippen molar-refractivity contribution in [3.63, 3.8) is 0 Å². The molecule has 1 aliphatic heterocycles. The lowest BCUT2D eigenvalue weighted by Gasteiger charge is -2.36. The second-order valence-electron chi connectivity index (χ2n) is 5.18. The second kappa shape index (κ2) is 6.85. The van der Waals surface area contributed by atoms with E-state index in [0.717, 1.165) is 11.3 Å². The molecular weight excluding hydrogens is 303 g/mol. The van der Waals surface area contributed by atoms with Gasteiger partial charge < -0.3 is 10.2 Å². The number of hydrogen-bond acceptors (Lipinski definition) is 3. The fraction of sp³-hybridized carbons (Fsp3) is 0.571. The van der Waals surface area contributed by atoms with E-state index in [2.05, 4.69) is 10.2 Å². The minimum Gasteiger partial charge on any atom is -0.369 e. The van der Waals surface area contributed by atoms with Gasteiger partial charge in [0.05, 0.1) is 6.54 Å². The highest BCUT2D eigenvalue weighted by Gasteiger charge is 2.32. The third-order valence-corrected chi connectivity index (χ3v) is 3.90. The molecule has 1 aliphatic rings. The highest BCUT2D eigenvalue weighted by Crippen LogP contribution is 2.25. The Kier molecular flexibility index (Phi) is 5.35. The lowest BCUT2D eigenvalue weighted by molar-refractivity contribution is -0.146. The highest BCUT2D eigenvalue weighted by molar-refractivity contribution is 6.31.